The van der Waals surface area contributed by atoms with E-state index < -0.39 is 23.8 Å². The van der Waals surface area contributed by atoms with Crippen molar-refractivity contribution in [2.75, 3.05) is 13.1 Å². The summed E-state index contributed by atoms with van der Waals surface area (Å²) in [6.07, 6.45) is 0.0947. The fourth-order valence-electron chi connectivity index (χ4n) is 2.52. The van der Waals surface area contributed by atoms with Crippen LogP contribution < -0.4 is 11.1 Å². The highest BCUT2D eigenvalue weighted by Gasteiger charge is 2.30. The number of hydrogen-bond donors (Lipinski definition) is 3. The van der Waals surface area contributed by atoms with Crippen LogP contribution in [0.15, 0.2) is 24.3 Å². The van der Waals surface area contributed by atoms with Gasteiger partial charge >= 0.3 is 12.0 Å². The molecule has 0 radical (unpaired) electrons. The highest BCUT2D eigenvalue weighted by Crippen LogP contribution is 2.28. The van der Waals surface area contributed by atoms with Crippen molar-refractivity contribution in [3.05, 3.63) is 35.4 Å². The number of nitrogens with one attached hydrogen (secondary N) is 1. The summed E-state index contributed by atoms with van der Waals surface area (Å²) in [6.45, 7) is 1.30. The van der Waals surface area contributed by atoms with E-state index in [1.54, 1.807) is 0 Å². The van der Waals surface area contributed by atoms with Gasteiger partial charge < -0.3 is 10.8 Å². The second kappa shape index (κ2) is 6.36. The predicted molar refractivity (Wildman–Crippen MR) is 74.4 cm³/mol. The van der Waals surface area contributed by atoms with Crippen molar-refractivity contribution in [3.63, 3.8) is 0 Å². The lowest BCUT2D eigenvalue weighted by molar-refractivity contribution is -0.139. The Kier molecular flexibility index (Phi) is 4.54. The fraction of sp³-hybridized carbons (Fsp3) is 0.357. The van der Waals surface area contributed by atoms with Gasteiger partial charge in [-0.3, -0.25) is 19.8 Å². The average Bonchev–Trinajstić information content (AvgIpc) is 2.43. The van der Waals surface area contributed by atoms with Gasteiger partial charge in [-0.2, -0.15) is 0 Å². The molecule has 1 unspecified atom stereocenters. The summed E-state index contributed by atoms with van der Waals surface area (Å²) in [4.78, 5) is 35.2. The zero-order valence-corrected chi connectivity index (χ0v) is 11.4. The number of carboxylic acids is 1. The van der Waals surface area contributed by atoms with Gasteiger partial charge in [-0.1, -0.05) is 24.3 Å². The number of urea groups is 1. The number of imide groups is 1. The van der Waals surface area contributed by atoms with E-state index >= 15 is 0 Å². The third-order valence-electron chi connectivity index (χ3n) is 3.48. The number of primary amides is 1. The van der Waals surface area contributed by atoms with E-state index in [0.29, 0.717) is 19.6 Å². The highest BCUT2D eigenvalue weighted by molar-refractivity contribution is 5.93. The van der Waals surface area contributed by atoms with Gasteiger partial charge in [0.15, 0.2) is 0 Å². The lowest BCUT2D eigenvalue weighted by atomic mass is 9.90. The highest BCUT2D eigenvalue weighted by atomic mass is 16.4. The zero-order chi connectivity index (χ0) is 15.4. The van der Waals surface area contributed by atoms with Crippen LogP contribution >= 0.6 is 0 Å². The Bertz CT molecular complexity index is 573. The number of nitrogens with two attached hydrogens (primary N) is 1. The summed E-state index contributed by atoms with van der Waals surface area (Å²) in [7, 11) is 0. The minimum Gasteiger partial charge on any atom is -0.481 e. The molecule has 3 amide bonds. The number of carbonyl (C=O) groups is 3. The number of amides is 3. The van der Waals surface area contributed by atoms with Crippen LogP contribution in [0.2, 0.25) is 0 Å². The minimum absolute atomic E-state index is 0.0947. The molecule has 0 fully saturated rings. The molecule has 0 spiro atoms. The summed E-state index contributed by atoms with van der Waals surface area (Å²) in [5.74, 6) is -1.95. The maximum atomic E-state index is 11.4. The number of carboxylic acid groups (broad SMARTS) is 1. The van der Waals surface area contributed by atoms with E-state index in [-0.39, 0.29) is 6.42 Å². The topological polar surface area (TPSA) is 113 Å². The standard InChI is InChI=1S/C14H17N3O4/c15-14(21)16-12(18)5-6-17-7-9-3-1-2-4-10(9)11(8-17)13(19)20/h1-4,11H,5-8H2,(H,19,20)(H3,15,16,18,21). The summed E-state index contributed by atoms with van der Waals surface area (Å²) in [5.41, 5.74) is 6.64. The molecule has 0 bridgehead atoms. The van der Waals surface area contributed by atoms with Crippen LogP contribution in [-0.2, 0) is 16.1 Å². The molecule has 7 nitrogen and oxygen atoms in total. The van der Waals surface area contributed by atoms with Crippen molar-refractivity contribution in [1.29, 1.82) is 0 Å². The predicted octanol–water partition coefficient (Wildman–Crippen LogP) is 0.255. The number of rotatable bonds is 4. The van der Waals surface area contributed by atoms with E-state index in [9.17, 15) is 19.5 Å². The lowest BCUT2D eigenvalue weighted by Crippen LogP contribution is -2.40. The molecule has 1 aliphatic heterocycles. The normalized spacial score (nSPS) is 17.8. The third-order valence-corrected chi connectivity index (χ3v) is 3.48. The Balaban J connectivity index is 2.03. The first kappa shape index (κ1) is 15.0. The number of nitrogens with zero attached hydrogens (tertiary/aromatic N) is 1. The first-order chi connectivity index (χ1) is 9.97. The first-order valence-corrected chi connectivity index (χ1v) is 6.59. The molecule has 1 aromatic rings. The lowest BCUT2D eigenvalue weighted by Gasteiger charge is -2.32. The number of fused-ring (bicyclic) bond motifs is 1. The number of benzene rings is 1. The quantitative estimate of drug-likeness (QED) is 0.736. The molecule has 0 aliphatic carbocycles. The second-order valence-corrected chi connectivity index (χ2v) is 4.99. The van der Waals surface area contributed by atoms with Crippen molar-refractivity contribution in [2.45, 2.75) is 18.9 Å². The van der Waals surface area contributed by atoms with Crippen LogP contribution in [0, 0.1) is 0 Å². The average molecular weight is 291 g/mol. The Hall–Kier alpha value is -2.41. The minimum atomic E-state index is -0.882. The van der Waals surface area contributed by atoms with Crippen molar-refractivity contribution in [3.8, 4) is 0 Å². The first-order valence-electron chi connectivity index (χ1n) is 6.59. The van der Waals surface area contributed by atoms with Crippen LogP contribution in [0.5, 0.6) is 0 Å². The molecule has 1 aliphatic rings. The molecule has 0 saturated carbocycles. The molecule has 1 atom stereocenters. The van der Waals surface area contributed by atoms with Gasteiger partial charge in [-0.15, -0.1) is 0 Å². The van der Waals surface area contributed by atoms with Gasteiger partial charge in [0.1, 0.15) is 0 Å². The summed E-state index contributed by atoms with van der Waals surface area (Å²) in [5, 5.41) is 11.3. The van der Waals surface area contributed by atoms with Gasteiger partial charge in [-0.25, -0.2) is 4.79 Å². The molecule has 1 aromatic carbocycles. The molecule has 2 rings (SSSR count). The number of hydrogen-bond acceptors (Lipinski definition) is 4. The van der Waals surface area contributed by atoms with E-state index in [1.807, 2.05) is 34.5 Å². The van der Waals surface area contributed by atoms with E-state index in [4.69, 9.17) is 5.73 Å². The molecule has 4 N–H and O–H groups in total. The Morgan fingerprint density at radius 2 is 2.05 bits per heavy atom. The molecular formula is C14H17N3O4. The Labute approximate surface area is 121 Å². The summed E-state index contributed by atoms with van der Waals surface area (Å²) < 4.78 is 0. The zero-order valence-electron chi connectivity index (χ0n) is 11.4. The van der Waals surface area contributed by atoms with Gasteiger partial charge in [0.2, 0.25) is 5.91 Å². The summed E-state index contributed by atoms with van der Waals surface area (Å²) in [6, 6.07) is 6.52. The smallest absolute Gasteiger partial charge is 0.318 e. The molecule has 0 saturated heterocycles. The molecule has 1 heterocycles. The van der Waals surface area contributed by atoms with Crippen LogP contribution in [0.25, 0.3) is 0 Å². The van der Waals surface area contributed by atoms with Crippen molar-refractivity contribution in [2.24, 2.45) is 5.73 Å². The van der Waals surface area contributed by atoms with E-state index in [2.05, 4.69) is 0 Å². The molecule has 112 valence electrons. The monoisotopic (exact) mass is 291 g/mol. The maximum Gasteiger partial charge on any atom is 0.318 e. The van der Waals surface area contributed by atoms with E-state index in [1.165, 1.54) is 0 Å². The van der Waals surface area contributed by atoms with Crippen molar-refractivity contribution in [1.82, 2.24) is 10.2 Å². The molecule has 21 heavy (non-hydrogen) atoms. The van der Waals surface area contributed by atoms with Crippen LogP contribution in [0.3, 0.4) is 0 Å². The molecule has 7 heteroatoms. The van der Waals surface area contributed by atoms with Crippen LogP contribution in [0.4, 0.5) is 4.79 Å². The Morgan fingerprint density at radius 1 is 1.33 bits per heavy atom. The fourth-order valence-corrected chi connectivity index (χ4v) is 2.52. The van der Waals surface area contributed by atoms with E-state index in [0.717, 1.165) is 11.1 Å². The van der Waals surface area contributed by atoms with Crippen molar-refractivity contribution >= 4 is 17.9 Å². The summed E-state index contributed by atoms with van der Waals surface area (Å²) >= 11 is 0. The molecule has 0 aromatic heterocycles. The largest absolute Gasteiger partial charge is 0.481 e. The second-order valence-electron chi connectivity index (χ2n) is 4.99. The van der Waals surface area contributed by atoms with Crippen LogP contribution in [0.1, 0.15) is 23.5 Å². The van der Waals surface area contributed by atoms with Crippen molar-refractivity contribution < 1.29 is 19.5 Å². The Morgan fingerprint density at radius 3 is 2.71 bits per heavy atom. The van der Waals surface area contributed by atoms with Gasteiger partial charge in [-0.05, 0) is 11.1 Å². The van der Waals surface area contributed by atoms with Gasteiger partial charge in [0.25, 0.3) is 0 Å². The number of carbonyl (C=O) groups excluding carboxylic acids is 2. The van der Waals surface area contributed by atoms with Gasteiger partial charge in [0, 0.05) is 26.1 Å². The number of aliphatic carboxylic acids is 1. The molecular weight excluding hydrogens is 274 g/mol. The van der Waals surface area contributed by atoms with Crippen LogP contribution in [-0.4, -0.2) is 41.0 Å². The SMILES string of the molecule is NC(=O)NC(=O)CCN1Cc2ccccc2C(C(=O)O)C1. The maximum absolute atomic E-state index is 11.4. The van der Waals surface area contributed by atoms with Gasteiger partial charge in [0.05, 0.1) is 5.92 Å². The third kappa shape index (κ3) is 3.79.